The van der Waals surface area contributed by atoms with Crippen molar-refractivity contribution in [3.8, 4) is 11.4 Å². The minimum absolute atomic E-state index is 0.0187. The Bertz CT molecular complexity index is 850. The predicted molar refractivity (Wildman–Crippen MR) is 108 cm³/mol. The quantitative estimate of drug-likeness (QED) is 0.559. The lowest BCUT2D eigenvalue weighted by atomic mass is 9.97. The van der Waals surface area contributed by atoms with Gasteiger partial charge in [-0.05, 0) is 51.9 Å². The van der Waals surface area contributed by atoms with Crippen LogP contribution in [-0.4, -0.2) is 44.9 Å². The Morgan fingerprint density at radius 1 is 1.30 bits per heavy atom. The Hall–Kier alpha value is -1.99. The van der Waals surface area contributed by atoms with Crippen molar-refractivity contribution in [3.63, 3.8) is 0 Å². The highest BCUT2D eigenvalue weighted by atomic mass is 32.1. The normalized spacial score (nSPS) is 15.8. The molecule has 1 aliphatic heterocycles. The molecule has 0 atom stereocenters. The van der Waals surface area contributed by atoms with Gasteiger partial charge in [0.25, 0.3) is 0 Å². The number of esters is 1. The van der Waals surface area contributed by atoms with Crippen molar-refractivity contribution in [2.24, 2.45) is 5.92 Å². The van der Waals surface area contributed by atoms with Crippen LogP contribution < -0.4 is 0 Å². The van der Waals surface area contributed by atoms with E-state index in [9.17, 15) is 4.79 Å². The largest absolute Gasteiger partial charge is 0.466 e. The van der Waals surface area contributed by atoms with Crippen LogP contribution in [0.25, 0.3) is 11.4 Å². The third-order valence-corrected chi connectivity index (χ3v) is 5.49. The monoisotopic (exact) mass is 388 g/mol. The molecule has 1 saturated heterocycles. The zero-order valence-electron chi connectivity index (χ0n) is 16.4. The summed E-state index contributed by atoms with van der Waals surface area (Å²) >= 11 is 5.68. The number of piperidine rings is 1. The number of aromatic nitrogens is 3. The van der Waals surface area contributed by atoms with E-state index in [0.717, 1.165) is 48.6 Å². The maximum Gasteiger partial charge on any atom is 0.309 e. The molecule has 0 aliphatic carbocycles. The number of ether oxygens (including phenoxy) is 1. The second-order valence-corrected chi connectivity index (χ2v) is 7.37. The van der Waals surface area contributed by atoms with Gasteiger partial charge in [0.15, 0.2) is 10.6 Å². The average Bonchev–Trinajstić information content (AvgIpc) is 2.98. The molecule has 7 heteroatoms. The second kappa shape index (κ2) is 8.80. The Labute approximate surface area is 165 Å². The van der Waals surface area contributed by atoms with Gasteiger partial charge in [0.2, 0.25) is 0 Å². The minimum Gasteiger partial charge on any atom is -0.466 e. The van der Waals surface area contributed by atoms with Gasteiger partial charge in [-0.25, -0.2) is 4.68 Å². The van der Waals surface area contributed by atoms with Crippen molar-refractivity contribution in [2.75, 3.05) is 19.7 Å². The average molecular weight is 389 g/mol. The van der Waals surface area contributed by atoms with Crippen molar-refractivity contribution in [1.82, 2.24) is 19.2 Å². The topological polar surface area (TPSA) is 52.3 Å². The van der Waals surface area contributed by atoms with Gasteiger partial charge < -0.3 is 9.30 Å². The van der Waals surface area contributed by atoms with E-state index in [0.29, 0.717) is 13.3 Å². The zero-order chi connectivity index (χ0) is 19.4. The van der Waals surface area contributed by atoms with Crippen molar-refractivity contribution in [3.05, 3.63) is 34.6 Å². The highest BCUT2D eigenvalue weighted by Crippen LogP contribution is 2.22. The highest BCUT2D eigenvalue weighted by Gasteiger charge is 2.26. The Balaban J connectivity index is 1.73. The van der Waals surface area contributed by atoms with Crippen LogP contribution >= 0.6 is 12.2 Å². The van der Waals surface area contributed by atoms with Crippen LogP contribution in [0.5, 0.6) is 0 Å². The van der Waals surface area contributed by atoms with E-state index in [4.69, 9.17) is 22.1 Å². The van der Waals surface area contributed by atoms with Gasteiger partial charge in [-0.1, -0.05) is 23.8 Å². The minimum atomic E-state index is -0.0641. The summed E-state index contributed by atoms with van der Waals surface area (Å²) < 4.78 is 9.87. The number of nitrogens with zero attached hydrogens (tertiary/aromatic N) is 4. The zero-order valence-corrected chi connectivity index (χ0v) is 17.2. The van der Waals surface area contributed by atoms with Crippen molar-refractivity contribution in [1.29, 1.82) is 0 Å². The van der Waals surface area contributed by atoms with Gasteiger partial charge in [0.1, 0.15) is 0 Å². The molecule has 0 spiro atoms. The first-order valence-electron chi connectivity index (χ1n) is 9.67. The van der Waals surface area contributed by atoms with Gasteiger partial charge in [-0.15, -0.1) is 0 Å². The molecule has 27 heavy (non-hydrogen) atoms. The third kappa shape index (κ3) is 4.47. The number of hydrogen-bond donors (Lipinski definition) is 0. The molecule has 1 aromatic heterocycles. The third-order valence-electron chi connectivity index (χ3n) is 5.06. The fourth-order valence-corrected chi connectivity index (χ4v) is 3.89. The number of benzene rings is 1. The first-order valence-corrected chi connectivity index (χ1v) is 10.1. The summed E-state index contributed by atoms with van der Waals surface area (Å²) in [6.07, 6.45) is 1.65. The molecule has 1 fully saturated rings. The molecule has 0 N–H and O–H groups in total. The first-order chi connectivity index (χ1) is 13.0. The molecule has 2 aromatic rings. The summed E-state index contributed by atoms with van der Waals surface area (Å²) in [5, 5.41) is 4.81. The summed E-state index contributed by atoms with van der Waals surface area (Å²) in [4.78, 5) is 14.2. The summed E-state index contributed by atoms with van der Waals surface area (Å²) in [7, 11) is 0. The molecule has 6 nitrogen and oxygen atoms in total. The van der Waals surface area contributed by atoms with E-state index in [2.05, 4.69) is 41.5 Å². The van der Waals surface area contributed by atoms with Crippen LogP contribution in [-0.2, 0) is 22.7 Å². The predicted octanol–water partition coefficient (Wildman–Crippen LogP) is 3.64. The van der Waals surface area contributed by atoms with E-state index < -0.39 is 0 Å². The molecular formula is C20H28N4O2S. The Morgan fingerprint density at radius 2 is 2.04 bits per heavy atom. The van der Waals surface area contributed by atoms with Gasteiger partial charge in [0.05, 0.1) is 19.2 Å². The number of rotatable bonds is 6. The lowest BCUT2D eigenvalue weighted by Crippen LogP contribution is -2.38. The van der Waals surface area contributed by atoms with E-state index in [1.807, 2.05) is 17.7 Å². The van der Waals surface area contributed by atoms with Crippen LogP contribution in [0.15, 0.2) is 24.3 Å². The van der Waals surface area contributed by atoms with Crippen LogP contribution in [0.4, 0.5) is 0 Å². The van der Waals surface area contributed by atoms with Gasteiger partial charge in [-0.2, -0.15) is 5.10 Å². The SMILES string of the molecule is CCOC(=O)C1CCN(Cn2nc(-c3cccc(C)c3)n(CC)c2=S)CC1. The van der Waals surface area contributed by atoms with E-state index in [1.165, 1.54) is 5.56 Å². The molecule has 3 rings (SSSR count). The molecule has 0 saturated carbocycles. The molecule has 146 valence electrons. The maximum atomic E-state index is 11.9. The van der Waals surface area contributed by atoms with Gasteiger partial charge in [-0.3, -0.25) is 9.69 Å². The standard InChI is InChI=1S/C20H28N4O2S/c1-4-23-18(17-8-6-7-15(3)13-17)21-24(20(23)27)14-22-11-9-16(10-12-22)19(25)26-5-2/h6-8,13,16H,4-5,9-12,14H2,1-3H3. The molecule has 0 bridgehead atoms. The maximum absolute atomic E-state index is 11.9. The number of aryl methyl sites for hydroxylation is 1. The summed E-state index contributed by atoms with van der Waals surface area (Å²) in [5.74, 6) is 0.864. The fraction of sp³-hybridized carbons (Fsp3) is 0.550. The van der Waals surface area contributed by atoms with Crippen molar-refractivity contribution in [2.45, 2.75) is 46.8 Å². The summed E-state index contributed by atoms with van der Waals surface area (Å²) in [6.45, 7) is 9.61. The molecule has 2 heterocycles. The van der Waals surface area contributed by atoms with Crippen molar-refractivity contribution >= 4 is 18.2 Å². The van der Waals surface area contributed by atoms with Crippen LogP contribution in [0, 0.1) is 17.6 Å². The van der Waals surface area contributed by atoms with E-state index in [-0.39, 0.29) is 11.9 Å². The fourth-order valence-electron chi connectivity index (χ4n) is 3.58. The molecule has 0 radical (unpaired) electrons. The molecule has 1 aromatic carbocycles. The van der Waals surface area contributed by atoms with Gasteiger partial charge in [0, 0.05) is 25.2 Å². The summed E-state index contributed by atoms with van der Waals surface area (Å²) in [6, 6.07) is 8.34. The number of carbonyl (C=O) groups is 1. The van der Waals surface area contributed by atoms with Crippen LogP contribution in [0.2, 0.25) is 0 Å². The molecule has 1 aliphatic rings. The highest BCUT2D eigenvalue weighted by molar-refractivity contribution is 7.71. The molecular weight excluding hydrogens is 360 g/mol. The summed E-state index contributed by atoms with van der Waals surface area (Å²) in [5.41, 5.74) is 2.29. The molecule has 0 amide bonds. The lowest BCUT2D eigenvalue weighted by Gasteiger charge is -2.30. The number of carbonyl (C=O) groups excluding carboxylic acids is 1. The number of likely N-dealkylation sites (tertiary alicyclic amines) is 1. The Kier molecular flexibility index (Phi) is 6.44. The first kappa shape index (κ1) is 19.8. The van der Waals surface area contributed by atoms with E-state index in [1.54, 1.807) is 0 Å². The van der Waals surface area contributed by atoms with Crippen molar-refractivity contribution < 1.29 is 9.53 Å². The van der Waals surface area contributed by atoms with E-state index >= 15 is 0 Å². The second-order valence-electron chi connectivity index (χ2n) is 7.01. The molecule has 0 unspecified atom stereocenters. The van der Waals surface area contributed by atoms with Crippen LogP contribution in [0.1, 0.15) is 32.3 Å². The Morgan fingerprint density at radius 3 is 2.67 bits per heavy atom. The van der Waals surface area contributed by atoms with Crippen LogP contribution in [0.3, 0.4) is 0 Å². The smallest absolute Gasteiger partial charge is 0.309 e. The number of hydrogen-bond acceptors (Lipinski definition) is 5. The van der Waals surface area contributed by atoms with Gasteiger partial charge >= 0.3 is 5.97 Å². The lowest BCUT2D eigenvalue weighted by molar-refractivity contribution is -0.149.